The molecule has 0 aliphatic heterocycles. The zero-order valence-electron chi connectivity index (χ0n) is 9.05. The Balaban J connectivity index is 3.97. The average molecular weight is 220 g/mol. The van der Waals surface area contributed by atoms with Crippen molar-refractivity contribution in [2.24, 2.45) is 5.41 Å². The third kappa shape index (κ3) is 5.21. The van der Waals surface area contributed by atoms with E-state index >= 15 is 0 Å². The van der Waals surface area contributed by atoms with Crippen LogP contribution in [0.4, 0.5) is 0 Å². The van der Waals surface area contributed by atoms with Crippen LogP contribution in [-0.4, -0.2) is 11.5 Å². The van der Waals surface area contributed by atoms with Gasteiger partial charge in [0, 0.05) is 0 Å². The summed E-state index contributed by atoms with van der Waals surface area (Å²) in [5.41, 5.74) is 0.415. The van der Waals surface area contributed by atoms with Crippen molar-refractivity contribution >= 4 is 25.3 Å². The molecule has 0 aromatic carbocycles. The maximum Gasteiger partial charge on any atom is -0.00334 e. The van der Waals surface area contributed by atoms with Gasteiger partial charge in [0.05, 0.1) is 0 Å². The van der Waals surface area contributed by atoms with Gasteiger partial charge in [0.15, 0.2) is 0 Å². The van der Waals surface area contributed by atoms with Gasteiger partial charge in [-0.05, 0) is 29.8 Å². The van der Waals surface area contributed by atoms with E-state index in [9.17, 15) is 0 Å². The van der Waals surface area contributed by atoms with Crippen LogP contribution in [0.3, 0.4) is 0 Å². The Morgan fingerprint density at radius 1 is 0.846 bits per heavy atom. The minimum atomic E-state index is 0.415. The first-order chi connectivity index (χ1) is 6.24. The molecule has 0 aliphatic rings. The molecule has 0 aromatic rings. The molecule has 0 spiro atoms. The quantitative estimate of drug-likeness (QED) is 0.562. The number of rotatable bonds is 8. The van der Waals surface area contributed by atoms with Gasteiger partial charge < -0.3 is 0 Å². The summed E-state index contributed by atoms with van der Waals surface area (Å²) < 4.78 is 0. The molecule has 0 fully saturated rings. The number of hydrogen-bond acceptors (Lipinski definition) is 2. The molecule has 13 heavy (non-hydrogen) atoms. The Kier molecular flexibility index (Phi) is 8.48. The van der Waals surface area contributed by atoms with Gasteiger partial charge in [-0.3, -0.25) is 0 Å². The second-order valence-electron chi connectivity index (χ2n) is 4.02. The predicted molar refractivity (Wildman–Crippen MR) is 69.2 cm³/mol. The van der Waals surface area contributed by atoms with E-state index in [4.69, 9.17) is 0 Å². The van der Waals surface area contributed by atoms with Crippen molar-refractivity contribution < 1.29 is 0 Å². The van der Waals surface area contributed by atoms with Crippen LogP contribution in [0.15, 0.2) is 0 Å². The molecule has 0 aliphatic carbocycles. The summed E-state index contributed by atoms with van der Waals surface area (Å²) in [5, 5.41) is 0. The van der Waals surface area contributed by atoms with Crippen molar-refractivity contribution in [3.05, 3.63) is 0 Å². The van der Waals surface area contributed by atoms with Crippen LogP contribution in [-0.2, 0) is 0 Å². The molecule has 0 saturated carbocycles. The van der Waals surface area contributed by atoms with Crippen LogP contribution >= 0.6 is 25.3 Å². The molecular weight excluding hydrogens is 196 g/mol. The first-order valence-corrected chi connectivity index (χ1v) is 6.73. The van der Waals surface area contributed by atoms with E-state index in [0.717, 1.165) is 11.5 Å². The van der Waals surface area contributed by atoms with Crippen molar-refractivity contribution in [2.45, 2.75) is 52.4 Å². The van der Waals surface area contributed by atoms with E-state index in [-0.39, 0.29) is 0 Å². The van der Waals surface area contributed by atoms with E-state index in [2.05, 4.69) is 39.1 Å². The fourth-order valence-corrected chi connectivity index (χ4v) is 2.63. The van der Waals surface area contributed by atoms with Crippen LogP contribution in [0, 0.1) is 5.41 Å². The van der Waals surface area contributed by atoms with E-state index in [1.165, 1.54) is 38.5 Å². The van der Waals surface area contributed by atoms with Crippen molar-refractivity contribution in [1.29, 1.82) is 0 Å². The SMILES string of the molecule is CCCCC(CS)(CS)CCCC. The molecule has 0 nitrogen and oxygen atoms in total. The minimum Gasteiger partial charge on any atom is -0.179 e. The van der Waals surface area contributed by atoms with Crippen LogP contribution in [0.1, 0.15) is 52.4 Å². The molecule has 0 atom stereocenters. The Morgan fingerprint density at radius 3 is 1.46 bits per heavy atom. The van der Waals surface area contributed by atoms with Gasteiger partial charge in [-0.1, -0.05) is 39.5 Å². The molecule has 0 N–H and O–H groups in total. The molecule has 0 rings (SSSR count). The highest BCUT2D eigenvalue weighted by atomic mass is 32.1. The average Bonchev–Trinajstić information content (AvgIpc) is 2.20. The zero-order valence-corrected chi connectivity index (χ0v) is 10.8. The Morgan fingerprint density at radius 2 is 1.23 bits per heavy atom. The summed E-state index contributed by atoms with van der Waals surface area (Å²) >= 11 is 8.96. The van der Waals surface area contributed by atoms with Crippen LogP contribution < -0.4 is 0 Å². The van der Waals surface area contributed by atoms with Crippen molar-refractivity contribution in [3.8, 4) is 0 Å². The summed E-state index contributed by atoms with van der Waals surface area (Å²) in [5.74, 6) is 1.99. The maximum atomic E-state index is 4.48. The summed E-state index contributed by atoms with van der Waals surface area (Å²) in [6.45, 7) is 4.50. The lowest BCUT2D eigenvalue weighted by Crippen LogP contribution is -2.25. The summed E-state index contributed by atoms with van der Waals surface area (Å²) in [4.78, 5) is 0. The van der Waals surface area contributed by atoms with Gasteiger partial charge in [0.2, 0.25) is 0 Å². The van der Waals surface area contributed by atoms with Gasteiger partial charge >= 0.3 is 0 Å². The van der Waals surface area contributed by atoms with E-state index in [0.29, 0.717) is 5.41 Å². The predicted octanol–water partition coefficient (Wildman–Crippen LogP) is 4.21. The molecule has 2 heteroatoms. The lowest BCUT2D eigenvalue weighted by atomic mass is 9.82. The molecule has 0 saturated heterocycles. The highest BCUT2D eigenvalue weighted by molar-refractivity contribution is 7.81. The third-order valence-electron chi connectivity index (χ3n) is 2.79. The highest BCUT2D eigenvalue weighted by Crippen LogP contribution is 2.33. The monoisotopic (exact) mass is 220 g/mol. The number of unbranched alkanes of at least 4 members (excludes halogenated alkanes) is 2. The molecular formula is C11H24S2. The second-order valence-corrected chi connectivity index (χ2v) is 4.66. The fraction of sp³-hybridized carbons (Fsp3) is 1.00. The van der Waals surface area contributed by atoms with Gasteiger partial charge in [0.1, 0.15) is 0 Å². The van der Waals surface area contributed by atoms with Gasteiger partial charge in [-0.15, -0.1) is 0 Å². The molecule has 0 unspecified atom stereocenters. The molecule has 80 valence electrons. The lowest BCUT2D eigenvalue weighted by Gasteiger charge is -2.30. The largest absolute Gasteiger partial charge is 0.179 e. The molecule has 0 heterocycles. The summed E-state index contributed by atoms with van der Waals surface area (Å²) in [7, 11) is 0. The van der Waals surface area contributed by atoms with Crippen molar-refractivity contribution in [1.82, 2.24) is 0 Å². The fourth-order valence-electron chi connectivity index (χ4n) is 1.59. The van der Waals surface area contributed by atoms with Crippen molar-refractivity contribution in [2.75, 3.05) is 11.5 Å². The van der Waals surface area contributed by atoms with Crippen LogP contribution in [0.25, 0.3) is 0 Å². The first-order valence-electron chi connectivity index (χ1n) is 5.46. The molecule has 0 amide bonds. The Hall–Kier alpha value is 0.700. The minimum absolute atomic E-state index is 0.415. The van der Waals surface area contributed by atoms with Crippen molar-refractivity contribution in [3.63, 3.8) is 0 Å². The lowest BCUT2D eigenvalue weighted by molar-refractivity contribution is 0.306. The zero-order chi connectivity index (χ0) is 10.2. The highest BCUT2D eigenvalue weighted by Gasteiger charge is 2.25. The first kappa shape index (κ1) is 13.7. The van der Waals surface area contributed by atoms with E-state index < -0.39 is 0 Å². The Labute approximate surface area is 94.7 Å². The van der Waals surface area contributed by atoms with E-state index in [1.54, 1.807) is 0 Å². The third-order valence-corrected chi connectivity index (χ3v) is 4.13. The van der Waals surface area contributed by atoms with Gasteiger partial charge in [0.25, 0.3) is 0 Å². The van der Waals surface area contributed by atoms with E-state index in [1.807, 2.05) is 0 Å². The molecule has 0 radical (unpaired) electrons. The molecule has 0 aromatic heterocycles. The standard InChI is InChI=1S/C11H24S2/c1-3-5-7-11(9-12,10-13)8-6-4-2/h12-13H,3-10H2,1-2H3. The maximum absolute atomic E-state index is 4.48. The second kappa shape index (κ2) is 8.05. The van der Waals surface area contributed by atoms with Gasteiger partial charge in [-0.25, -0.2) is 0 Å². The Bertz CT molecular complexity index is 98.7. The molecule has 0 bridgehead atoms. The smallest absolute Gasteiger partial charge is 0.00334 e. The van der Waals surface area contributed by atoms with Crippen LogP contribution in [0.2, 0.25) is 0 Å². The normalized spacial score (nSPS) is 12.0. The summed E-state index contributed by atoms with van der Waals surface area (Å²) in [6.07, 6.45) is 7.83. The topological polar surface area (TPSA) is 0 Å². The van der Waals surface area contributed by atoms with Gasteiger partial charge in [-0.2, -0.15) is 25.3 Å². The van der Waals surface area contributed by atoms with Crippen LogP contribution in [0.5, 0.6) is 0 Å². The number of hydrogen-bond donors (Lipinski definition) is 2. The number of thiol groups is 2. The summed E-state index contributed by atoms with van der Waals surface area (Å²) in [6, 6.07) is 0.